The van der Waals surface area contributed by atoms with Gasteiger partial charge >= 0.3 is 0 Å². The second-order valence-electron chi connectivity index (χ2n) is 9.06. The number of ether oxygens (including phenoxy) is 3. The van der Waals surface area contributed by atoms with Crippen molar-refractivity contribution in [1.29, 1.82) is 0 Å². The lowest BCUT2D eigenvalue weighted by molar-refractivity contribution is 0.284. The third kappa shape index (κ3) is 6.28. The maximum absolute atomic E-state index is 6.31. The van der Waals surface area contributed by atoms with E-state index >= 15 is 0 Å². The first-order chi connectivity index (χ1) is 18.2. The first kappa shape index (κ1) is 24.4. The first-order valence-electron chi connectivity index (χ1n) is 12.7. The minimum Gasteiger partial charge on any atom is -0.489 e. The Labute approximate surface area is 218 Å². The van der Waals surface area contributed by atoms with Gasteiger partial charge in [-0.1, -0.05) is 73.7 Å². The van der Waals surface area contributed by atoms with Crippen molar-refractivity contribution >= 4 is 10.9 Å². The summed E-state index contributed by atoms with van der Waals surface area (Å²) in [5, 5.41) is 1.13. The largest absolute Gasteiger partial charge is 0.489 e. The summed E-state index contributed by atoms with van der Waals surface area (Å²) in [5.41, 5.74) is 6.42. The Bertz CT molecular complexity index is 1480. The highest BCUT2D eigenvalue weighted by Crippen LogP contribution is 2.30. The van der Waals surface area contributed by atoms with Crippen LogP contribution in [0.3, 0.4) is 0 Å². The summed E-state index contributed by atoms with van der Waals surface area (Å²) < 4.78 is 18.4. The lowest BCUT2D eigenvalue weighted by atomic mass is 10.0. The Balaban J connectivity index is 1.24. The molecule has 0 radical (unpaired) electrons. The van der Waals surface area contributed by atoms with Crippen LogP contribution in [0.25, 0.3) is 10.9 Å². The third-order valence-corrected chi connectivity index (χ3v) is 6.34. The maximum atomic E-state index is 6.31. The second kappa shape index (κ2) is 11.6. The molecule has 37 heavy (non-hydrogen) atoms. The number of fused-ring (bicyclic) bond motifs is 1. The van der Waals surface area contributed by atoms with Crippen molar-refractivity contribution in [1.82, 2.24) is 4.98 Å². The number of aromatic nitrogens is 1. The van der Waals surface area contributed by atoms with Crippen molar-refractivity contribution in [2.24, 2.45) is 0 Å². The smallest absolute Gasteiger partial charge is 0.130 e. The molecule has 0 unspecified atom stereocenters. The van der Waals surface area contributed by atoms with E-state index in [1.165, 1.54) is 11.1 Å². The molecule has 4 nitrogen and oxygen atoms in total. The Kier molecular flexibility index (Phi) is 7.66. The van der Waals surface area contributed by atoms with Crippen LogP contribution in [0.2, 0.25) is 0 Å². The molecule has 0 aliphatic heterocycles. The molecule has 0 aliphatic rings. The van der Waals surface area contributed by atoms with Gasteiger partial charge in [-0.2, -0.15) is 0 Å². The molecule has 0 N–H and O–H groups in total. The molecule has 1 heterocycles. The van der Waals surface area contributed by atoms with Crippen molar-refractivity contribution in [3.63, 3.8) is 0 Å². The van der Waals surface area contributed by atoms with Crippen LogP contribution in [0.1, 0.15) is 34.9 Å². The second-order valence-corrected chi connectivity index (χ2v) is 9.06. The highest BCUT2D eigenvalue weighted by molar-refractivity contribution is 5.78. The molecular weight excluding hydrogens is 458 g/mol. The van der Waals surface area contributed by atoms with E-state index in [-0.39, 0.29) is 0 Å². The van der Waals surface area contributed by atoms with Gasteiger partial charge in [0.05, 0.1) is 11.2 Å². The predicted octanol–water partition coefficient (Wildman–Crippen LogP) is 7.84. The Morgan fingerprint density at radius 2 is 1.38 bits per heavy atom. The van der Waals surface area contributed by atoms with Gasteiger partial charge in [0, 0.05) is 11.5 Å². The molecule has 0 atom stereocenters. The molecule has 4 heteroatoms. The Morgan fingerprint density at radius 1 is 0.622 bits per heavy atom. The number of para-hydroxylation sites is 1. The van der Waals surface area contributed by atoms with Gasteiger partial charge in [-0.25, -0.2) is 4.98 Å². The summed E-state index contributed by atoms with van der Waals surface area (Å²) >= 11 is 0. The normalized spacial score (nSPS) is 10.9. The third-order valence-electron chi connectivity index (χ3n) is 6.34. The number of benzene rings is 4. The molecule has 0 fully saturated rings. The fourth-order valence-electron chi connectivity index (χ4n) is 4.39. The monoisotopic (exact) mass is 489 g/mol. The molecule has 0 spiro atoms. The van der Waals surface area contributed by atoms with E-state index in [0.29, 0.717) is 19.8 Å². The maximum Gasteiger partial charge on any atom is 0.130 e. The Hall–Kier alpha value is -4.31. The first-order valence-corrected chi connectivity index (χ1v) is 12.7. The van der Waals surface area contributed by atoms with Gasteiger partial charge in [-0.15, -0.1) is 0 Å². The van der Waals surface area contributed by atoms with Crippen LogP contribution in [0.5, 0.6) is 17.2 Å². The summed E-state index contributed by atoms with van der Waals surface area (Å²) in [4.78, 5) is 4.70. The van der Waals surface area contributed by atoms with Gasteiger partial charge in [0.15, 0.2) is 0 Å². The van der Waals surface area contributed by atoms with Crippen LogP contribution in [0.15, 0.2) is 103 Å². The summed E-state index contributed by atoms with van der Waals surface area (Å²) in [6.45, 7) is 5.64. The zero-order valence-electron chi connectivity index (χ0n) is 21.3. The minimum atomic E-state index is 0.412. The molecule has 0 saturated heterocycles. The molecule has 0 saturated carbocycles. The van der Waals surface area contributed by atoms with Crippen molar-refractivity contribution in [3.8, 4) is 17.2 Å². The number of rotatable bonds is 10. The van der Waals surface area contributed by atoms with E-state index in [2.05, 4.69) is 50.2 Å². The zero-order chi connectivity index (χ0) is 25.5. The van der Waals surface area contributed by atoms with Gasteiger partial charge in [0.1, 0.15) is 37.1 Å². The van der Waals surface area contributed by atoms with Gasteiger partial charge in [0.2, 0.25) is 0 Å². The predicted molar refractivity (Wildman–Crippen MR) is 148 cm³/mol. The summed E-state index contributed by atoms with van der Waals surface area (Å²) in [6.07, 6.45) is 0.891. The molecule has 1 aromatic heterocycles. The molecule has 0 amide bonds. The van der Waals surface area contributed by atoms with Gasteiger partial charge < -0.3 is 14.2 Å². The quantitative estimate of drug-likeness (QED) is 0.200. The topological polar surface area (TPSA) is 40.6 Å². The van der Waals surface area contributed by atoms with Crippen LogP contribution in [0.4, 0.5) is 0 Å². The van der Waals surface area contributed by atoms with Crippen molar-refractivity contribution < 1.29 is 14.2 Å². The molecule has 4 aromatic carbocycles. The highest BCUT2D eigenvalue weighted by atomic mass is 16.5. The molecule has 186 valence electrons. The van der Waals surface area contributed by atoms with E-state index in [4.69, 9.17) is 19.2 Å². The van der Waals surface area contributed by atoms with Crippen LogP contribution in [-0.4, -0.2) is 4.98 Å². The average molecular weight is 490 g/mol. The van der Waals surface area contributed by atoms with Crippen LogP contribution in [-0.2, 0) is 26.2 Å². The molecule has 5 aromatic rings. The van der Waals surface area contributed by atoms with E-state index in [1.54, 1.807) is 0 Å². The van der Waals surface area contributed by atoms with Crippen molar-refractivity contribution in [2.45, 2.75) is 40.1 Å². The number of pyridine rings is 1. The van der Waals surface area contributed by atoms with E-state index in [9.17, 15) is 0 Å². The van der Waals surface area contributed by atoms with E-state index in [0.717, 1.165) is 51.4 Å². The van der Waals surface area contributed by atoms with Crippen molar-refractivity contribution in [2.75, 3.05) is 0 Å². The summed E-state index contributed by atoms with van der Waals surface area (Å²) in [7, 11) is 0. The number of nitrogens with zero attached hydrogens (tertiary/aromatic N) is 1. The fourth-order valence-corrected chi connectivity index (χ4v) is 4.39. The number of hydrogen-bond acceptors (Lipinski definition) is 4. The lowest BCUT2D eigenvalue weighted by Crippen LogP contribution is -2.03. The number of aryl methyl sites for hydroxylation is 1. The summed E-state index contributed by atoms with van der Waals surface area (Å²) in [6, 6.07) is 34.5. The molecule has 0 bridgehead atoms. The van der Waals surface area contributed by atoms with Crippen LogP contribution < -0.4 is 14.2 Å². The minimum absolute atomic E-state index is 0.412. The zero-order valence-corrected chi connectivity index (χ0v) is 21.3. The summed E-state index contributed by atoms with van der Waals surface area (Å²) in [5.74, 6) is 2.47. The van der Waals surface area contributed by atoms with Gasteiger partial charge in [0.25, 0.3) is 0 Å². The van der Waals surface area contributed by atoms with E-state index < -0.39 is 0 Å². The highest BCUT2D eigenvalue weighted by Gasteiger charge is 2.10. The van der Waals surface area contributed by atoms with Gasteiger partial charge in [-0.3, -0.25) is 0 Å². The molecular formula is C33H31NO3. The average Bonchev–Trinajstić information content (AvgIpc) is 2.94. The molecule has 0 aliphatic carbocycles. The molecule has 5 rings (SSSR count). The van der Waals surface area contributed by atoms with Crippen LogP contribution in [0, 0.1) is 6.92 Å². The standard InChI is InChI=1S/C33H31NO3/c1-3-31-24(2)18-30(35-21-25-10-5-4-6-11-25)20-33(31)37-22-26-12-9-14-29(19-26)36-23-28-17-16-27-13-7-8-15-32(27)34-28/h4-20H,3,21-23H2,1-2H3. The van der Waals surface area contributed by atoms with Gasteiger partial charge in [-0.05, 0) is 65.9 Å². The SMILES string of the molecule is CCc1c(C)cc(OCc2ccccc2)cc1OCc1cccc(OCc2ccc3ccccc3n2)c1. The van der Waals surface area contributed by atoms with E-state index in [1.807, 2.05) is 66.7 Å². The Morgan fingerprint density at radius 3 is 2.24 bits per heavy atom. The van der Waals surface area contributed by atoms with Crippen LogP contribution >= 0.6 is 0 Å². The lowest BCUT2D eigenvalue weighted by Gasteiger charge is -2.16. The fraction of sp³-hybridized carbons (Fsp3) is 0.182. The number of hydrogen-bond donors (Lipinski definition) is 0. The van der Waals surface area contributed by atoms with Crippen molar-refractivity contribution in [3.05, 3.63) is 131 Å².